The van der Waals surface area contributed by atoms with Crippen LogP contribution in [-0.2, 0) is 14.6 Å². The molecular formula is C9H16NO3. The lowest BCUT2D eigenvalue weighted by Crippen LogP contribution is -2.38. The zero-order chi connectivity index (χ0) is 9.68. The summed E-state index contributed by atoms with van der Waals surface area (Å²) in [6, 6.07) is -0.158. The second kappa shape index (κ2) is 5.19. The van der Waals surface area contributed by atoms with E-state index >= 15 is 0 Å². The molecule has 0 spiro atoms. The molecule has 1 aliphatic rings. The highest BCUT2D eigenvalue weighted by Gasteiger charge is 2.31. The van der Waals surface area contributed by atoms with E-state index in [1.807, 2.05) is 4.90 Å². The molecule has 1 atom stereocenters. The molecule has 1 radical (unpaired) electrons. The van der Waals surface area contributed by atoms with Gasteiger partial charge in [-0.3, -0.25) is 9.69 Å². The van der Waals surface area contributed by atoms with Crippen LogP contribution in [0, 0.1) is 0 Å². The third-order valence-corrected chi connectivity index (χ3v) is 2.30. The number of nitrogens with zero attached hydrogens (tertiary/aromatic N) is 1. The van der Waals surface area contributed by atoms with E-state index in [2.05, 4.69) is 0 Å². The first-order chi connectivity index (χ1) is 6.29. The van der Waals surface area contributed by atoms with Crippen LogP contribution < -0.4 is 0 Å². The van der Waals surface area contributed by atoms with Gasteiger partial charge in [-0.2, -0.15) is 0 Å². The van der Waals surface area contributed by atoms with Crippen LogP contribution in [0.15, 0.2) is 0 Å². The molecule has 1 aliphatic heterocycles. The standard InChI is InChI=1S/C9H16NO3/c1-2-13-9(12)8-4-3-5-10(8)6-7-11/h8H,2-7H2,1H3. The summed E-state index contributed by atoms with van der Waals surface area (Å²) in [5, 5.41) is 10.4. The van der Waals surface area contributed by atoms with E-state index < -0.39 is 0 Å². The quantitative estimate of drug-likeness (QED) is 0.599. The Morgan fingerprint density at radius 1 is 1.62 bits per heavy atom. The lowest BCUT2D eigenvalue weighted by atomic mass is 10.2. The van der Waals surface area contributed by atoms with Gasteiger partial charge in [-0.1, -0.05) is 0 Å². The van der Waals surface area contributed by atoms with Crippen LogP contribution in [0.5, 0.6) is 0 Å². The molecule has 1 fully saturated rings. The Balaban J connectivity index is 2.42. The molecule has 0 aromatic carbocycles. The molecule has 13 heavy (non-hydrogen) atoms. The molecule has 1 rings (SSSR count). The number of ether oxygens (including phenoxy) is 1. The fraction of sp³-hybridized carbons (Fsp3) is 0.889. The highest BCUT2D eigenvalue weighted by atomic mass is 16.5. The molecule has 0 N–H and O–H groups in total. The van der Waals surface area contributed by atoms with Gasteiger partial charge in [0.15, 0.2) is 0 Å². The van der Waals surface area contributed by atoms with Gasteiger partial charge in [0, 0.05) is 6.54 Å². The topological polar surface area (TPSA) is 49.4 Å². The van der Waals surface area contributed by atoms with Gasteiger partial charge in [0.1, 0.15) is 6.04 Å². The van der Waals surface area contributed by atoms with Crippen molar-refractivity contribution in [3.8, 4) is 0 Å². The normalized spacial score (nSPS) is 23.4. The first-order valence-electron chi connectivity index (χ1n) is 4.78. The largest absolute Gasteiger partial charge is 0.465 e. The molecule has 4 heteroatoms. The summed E-state index contributed by atoms with van der Waals surface area (Å²) in [5.74, 6) is -0.173. The van der Waals surface area contributed by atoms with Crippen molar-refractivity contribution >= 4 is 5.97 Å². The Kier molecular flexibility index (Phi) is 4.18. The average Bonchev–Trinajstić information content (AvgIpc) is 2.54. The minimum absolute atomic E-state index is 0.143. The monoisotopic (exact) mass is 186 g/mol. The predicted octanol–water partition coefficient (Wildman–Crippen LogP) is 0.444. The lowest BCUT2D eigenvalue weighted by molar-refractivity contribution is -0.148. The van der Waals surface area contributed by atoms with Crippen LogP contribution >= 0.6 is 0 Å². The summed E-state index contributed by atoms with van der Waals surface area (Å²) in [5.41, 5.74) is 0. The van der Waals surface area contributed by atoms with Crippen molar-refractivity contribution in [1.29, 1.82) is 0 Å². The van der Waals surface area contributed by atoms with E-state index in [0.717, 1.165) is 19.4 Å². The maximum absolute atomic E-state index is 11.4. The molecule has 0 aromatic heterocycles. The fourth-order valence-corrected chi connectivity index (χ4v) is 1.72. The van der Waals surface area contributed by atoms with Crippen LogP contribution in [0.3, 0.4) is 0 Å². The summed E-state index contributed by atoms with van der Waals surface area (Å²) in [4.78, 5) is 13.3. The van der Waals surface area contributed by atoms with E-state index in [9.17, 15) is 9.90 Å². The summed E-state index contributed by atoms with van der Waals surface area (Å²) in [6.07, 6.45) is 1.82. The molecule has 0 aliphatic carbocycles. The van der Waals surface area contributed by atoms with Gasteiger partial charge in [-0.25, -0.2) is 5.11 Å². The second-order valence-corrected chi connectivity index (χ2v) is 3.15. The minimum Gasteiger partial charge on any atom is -0.465 e. The summed E-state index contributed by atoms with van der Waals surface area (Å²) < 4.78 is 4.92. The third kappa shape index (κ3) is 2.67. The van der Waals surface area contributed by atoms with Gasteiger partial charge in [-0.15, -0.1) is 0 Å². The highest BCUT2D eigenvalue weighted by molar-refractivity contribution is 5.76. The van der Waals surface area contributed by atoms with Crippen LogP contribution in [-0.4, -0.2) is 43.2 Å². The molecule has 0 bridgehead atoms. The Labute approximate surface area is 78.5 Å². The molecule has 1 heterocycles. The van der Waals surface area contributed by atoms with E-state index in [1.54, 1.807) is 6.92 Å². The van der Waals surface area contributed by atoms with Crippen LogP contribution in [0.25, 0.3) is 0 Å². The van der Waals surface area contributed by atoms with Crippen molar-refractivity contribution in [2.24, 2.45) is 0 Å². The maximum atomic E-state index is 11.4. The van der Waals surface area contributed by atoms with Gasteiger partial charge >= 0.3 is 5.97 Å². The zero-order valence-electron chi connectivity index (χ0n) is 7.99. The molecule has 1 saturated heterocycles. The van der Waals surface area contributed by atoms with Crippen molar-refractivity contribution in [2.45, 2.75) is 25.8 Å². The first-order valence-corrected chi connectivity index (χ1v) is 4.78. The van der Waals surface area contributed by atoms with Crippen molar-refractivity contribution < 1.29 is 14.6 Å². The van der Waals surface area contributed by atoms with Gasteiger partial charge < -0.3 is 4.74 Å². The van der Waals surface area contributed by atoms with E-state index in [4.69, 9.17) is 4.74 Å². The summed E-state index contributed by atoms with van der Waals surface area (Å²) >= 11 is 0. The van der Waals surface area contributed by atoms with Gasteiger partial charge in [0.2, 0.25) is 0 Å². The zero-order valence-corrected chi connectivity index (χ0v) is 7.99. The highest BCUT2D eigenvalue weighted by Crippen LogP contribution is 2.17. The van der Waals surface area contributed by atoms with Gasteiger partial charge in [0.25, 0.3) is 0 Å². The van der Waals surface area contributed by atoms with E-state index in [0.29, 0.717) is 13.2 Å². The first kappa shape index (κ1) is 10.5. The van der Waals surface area contributed by atoms with E-state index in [1.165, 1.54) is 0 Å². The molecule has 75 valence electrons. The smallest absolute Gasteiger partial charge is 0.323 e. The number of hydrogen-bond donors (Lipinski definition) is 0. The Morgan fingerprint density at radius 3 is 3.00 bits per heavy atom. The molecule has 4 nitrogen and oxygen atoms in total. The number of carbonyl (C=O) groups is 1. The predicted molar refractivity (Wildman–Crippen MR) is 46.8 cm³/mol. The molecule has 1 unspecified atom stereocenters. The van der Waals surface area contributed by atoms with Crippen molar-refractivity contribution in [2.75, 3.05) is 26.3 Å². The Bertz CT molecular complexity index is 172. The maximum Gasteiger partial charge on any atom is 0.323 e. The van der Waals surface area contributed by atoms with Crippen molar-refractivity contribution in [3.63, 3.8) is 0 Å². The number of likely N-dealkylation sites (tertiary alicyclic amines) is 1. The lowest BCUT2D eigenvalue weighted by Gasteiger charge is -2.20. The summed E-state index contributed by atoms with van der Waals surface area (Å²) in [6.45, 7) is 3.39. The molecular weight excluding hydrogens is 170 g/mol. The van der Waals surface area contributed by atoms with Gasteiger partial charge in [-0.05, 0) is 26.3 Å². The van der Waals surface area contributed by atoms with Crippen molar-refractivity contribution in [1.82, 2.24) is 4.90 Å². The van der Waals surface area contributed by atoms with Crippen LogP contribution in [0.2, 0.25) is 0 Å². The van der Waals surface area contributed by atoms with Crippen LogP contribution in [0.4, 0.5) is 0 Å². The second-order valence-electron chi connectivity index (χ2n) is 3.15. The number of carbonyl (C=O) groups excluding carboxylic acids is 1. The number of rotatable bonds is 4. The van der Waals surface area contributed by atoms with Crippen LogP contribution in [0.1, 0.15) is 19.8 Å². The SMILES string of the molecule is CCOC(=O)C1CCCN1CC[O]. The number of esters is 1. The molecule has 0 aromatic rings. The van der Waals surface area contributed by atoms with Crippen molar-refractivity contribution in [3.05, 3.63) is 0 Å². The Hall–Kier alpha value is -0.610. The molecule has 0 saturated carbocycles. The molecule has 0 amide bonds. The fourth-order valence-electron chi connectivity index (χ4n) is 1.72. The minimum atomic E-state index is -0.173. The number of hydrogen-bond acceptors (Lipinski definition) is 3. The average molecular weight is 186 g/mol. The van der Waals surface area contributed by atoms with Gasteiger partial charge in [0.05, 0.1) is 13.2 Å². The summed E-state index contributed by atoms with van der Waals surface area (Å²) in [7, 11) is 0. The van der Waals surface area contributed by atoms with E-state index in [-0.39, 0.29) is 18.6 Å². The Morgan fingerprint density at radius 2 is 2.38 bits per heavy atom. The third-order valence-electron chi connectivity index (χ3n) is 2.30.